The predicted molar refractivity (Wildman–Crippen MR) is 97.0 cm³/mol. The Morgan fingerprint density at radius 3 is 2.52 bits per heavy atom. The number of hydrazine groups is 1. The van der Waals surface area contributed by atoms with E-state index in [0.29, 0.717) is 28.6 Å². The smallest absolute Gasteiger partial charge is 0.243 e. The molecule has 0 spiro atoms. The third kappa shape index (κ3) is 3.87. The fraction of sp³-hybridized carbons (Fsp3) is 0.278. The minimum absolute atomic E-state index is 0.0818. The van der Waals surface area contributed by atoms with Gasteiger partial charge in [-0.25, -0.2) is 10.9 Å². The lowest BCUT2D eigenvalue weighted by Crippen LogP contribution is -2.39. The Balaban J connectivity index is 1.70. The molecule has 3 rings (SSSR count). The topological polar surface area (TPSA) is 71.6 Å². The minimum atomic E-state index is -0.365. The van der Waals surface area contributed by atoms with Gasteiger partial charge in [-0.2, -0.15) is 0 Å². The molecule has 1 aliphatic heterocycles. The van der Waals surface area contributed by atoms with Crippen LogP contribution >= 0.6 is 11.6 Å². The molecule has 0 aromatic heterocycles. The molecular formula is C18H20ClN3O3. The van der Waals surface area contributed by atoms with Crippen molar-refractivity contribution in [3.05, 3.63) is 53.1 Å². The maximum atomic E-state index is 12.6. The molecule has 7 heteroatoms. The quantitative estimate of drug-likeness (QED) is 0.763. The highest BCUT2D eigenvalue weighted by molar-refractivity contribution is 6.32. The van der Waals surface area contributed by atoms with E-state index in [1.54, 1.807) is 12.1 Å². The highest BCUT2D eigenvalue weighted by Crippen LogP contribution is 2.36. The zero-order chi connectivity index (χ0) is 17.8. The summed E-state index contributed by atoms with van der Waals surface area (Å²) >= 11 is 6.14. The van der Waals surface area contributed by atoms with Crippen molar-refractivity contribution >= 4 is 23.2 Å². The largest absolute Gasteiger partial charge is 0.495 e. The van der Waals surface area contributed by atoms with Gasteiger partial charge >= 0.3 is 0 Å². The van der Waals surface area contributed by atoms with Gasteiger partial charge in [0.05, 0.1) is 24.9 Å². The van der Waals surface area contributed by atoms with Gasteiger partial charge in [0.1, 0.15) is 17.5 Å². The summed E-state index contributed by atoms with van der Waals surface area (Å²) < 4.78 is 10.5. The second-order valence-corrected chi connectivity index (χ2v) is 6.12. The molecule has 132 valence electrons. The van der Waals surface area contributed by atoms with E-state index >= 15 is 0 Å². The van der Waals surface area contributed by atoms with Crippen LogP contribution in [0, 0.1) is 0 Å². The van der Waals surface area contributed by atoms with Gasteiger partial charge < -0.3 is 14.8 Å². The van der Waals surface area contributed by atoms with E-state index in [2.05, 4.69) is 16.2 Å². The summed E-state index contributed by atoms with van der Waals surface area (Å²) in [5.41, 5.74) is 7.84. The first-order valence-corrected chi connectivity index (χ1v) is 8.28. The maximum absolute atomic E-state index is 12.6. The van der Waals surface area contributed by atoms with Gasteiger partial charge in [0.2, 0.25) is 5.91 Å². The van der Waals surface area contributed by atoms with Crippen LogP contribution in [0.4, 0.5) is 5.69 Å². The average Bonchev–Trinajstić information content (AvgIpc) is 3.13. The predicted octanol–water partition coefficient (Wildman–Crippen LogP) is 2.90. The second kappa shape index (κ2) is 7.74. The summed E-state index contributed by atoms with van der Waals surface area (Å²) in [5.74, 6) is 0.812. The minimum Gasteiger partial charge on any atom is -0.495 e. The Bertz CT molecular complexity index is 755. The molecule has 1 saturated heterocycles. The average molecular weight is 362 g/mol. The monoisotopic (exact) mass is 361 g/mol. The van der Waals surface area contributed by atoms with Gasteiger partial charge in [0, 0.05) is 12.1 Å². The first-order chi connectivity index (χ1) is 12.1. The molecule has 2 aromatic rings. The molecule has 0 saturated carbocycles. The maximum Gasteiger partial charge on any atom is 0.243 e. The van der Waals surface area contributed by atoms with Crippen molar-refractivity contribution in [2.24, 2.45) is 0 Å². The van der Waals surface area contributed by atoms with Crippen LogP contribution in [0.5, 0.6) is 11.5 Å². The number of halogens is 1. The number of hydrogen-bond acceptors (Lipinski definition) is 5. The summed E-state index contributed by atoms with van der Waals surface area (Å²) in [7, 11) is 3.05. The van der Waals surface area contributed by atoms with Crippen molar-refractivity contribution in [2.45, 2.75) is 18.5 Å². The van der Waals surface area contributed by atoms with E-state index in [4.69, 9.17) is 21.1 Å². The Hall–Kier alpha value is -2.28. The van der Waals surface area contributed by atoms with Gasteiger partial charge in [-0.15, -0.1) is 0 Å². The van der Waals surface area contributed by atoms with Crippen LogP contribution in [0.15, 0.2) is 42.5 Å². The fourth-order valence-electron chi connectivity index (χ4n) is 2.81. The highest BCUT2D eigenvalue weighted by Gasteiger charge is 2.30. The van der Waals surface area contributed by atoms with Crippen LogP contribution < -0.4 is 25.6 Å². The van der Waals surface area contributed by atoms with Gasteiger partial charge in [0.25, 0.3) is 0 Å². The van der Waals surface area contributed by atoms with Crippen molar-refractivity contribution in [1.82, 2.24) is 10.9 Å². The van der Waals surface area contributed by atoms with Crippen LogP contribution in [-0.2, 0) is 4.79 Å². The van der Waals surface area contributed by atoms with Crippen LogP contribution in [-0.4, -0.2) is 26.2 Å². The van der Waals surface area contributed by atoms with Crippen molar-refractivity contribution in [1.29, 1.82) is 0 Å². The number of nitrogens with one attached hydrogen (secondary N) is 3. The summed E-state index contributed by atoms with van der Waals surface area (Å²) in [6.07, 6.45) is 0.641. The van der Waals surface area contributed by atoms with Gasteiger partial charge in [-0.1, -0.05) is 41.9 Å². The molecule has 2 aromatic carbocycles. The number of anilines is 1. The first kappa shape index (κ1) is 17.5. The van der Waals surface area contributed by atoms with Gasteiger partial charge in [0.15, 0.2) is 0 Å². The number of rotatable bonds is 5. The number of carbonyl (C=O) groups excluding carboxylic acids is 1. The van der Waals surface area contributed by atoms with Crippen LogP contribution in [0.2, 0.25) is 5.02 Å². The third-order valence-corrected chi connectivity index (χ3v) is 4.45. The Morgan fingerprint density at radius 2 is 1.84 bits per heavy atom. The van der Waals surface area contributed by atoms with Crippen LogP contribution in [0.3, 0.4) is 0 Å². The molecule has 0 bridgehead atoms. The van der Waals surface area contributed by atoms with Gasteiger partial charge in [-0.05, 0) is 18.1 Å². The molecule has 1 aliphatic rings. The van der Waals surface area contributed by atoms with E-state index in [1.165, 1.54) is 14.2 Å². The molecule has 1 amide bonds. The molecule has 6 nitrogen and oxygen atoms in total. The van der Waals surface area contributed by atoms with Crippen LogP contribution in [0.1, 0.15) is 18.0 Å². The molecule has 0 radical (unpaired) electrons. The summed E-state index contributed by atoms with van der Waals surface area (Å²) in [5, 5.41) is 3.26. The summed E-state index contributed by atoms with van der Waals surface area (Å²) in [6, 6.07) is 13.0. The fourth-order valence-corrected chi connectivity index (χ4v) is 3.05. The second-order valence-electron chi connectivity index (χ2n) is 5.72. The standard InChI is InChI=1S/C18H20ClN3O3/c1-24-16-10-17(25-2)14(8-12(16)19)20-18(23)15-9-13(21-22-15)11-6-4-3-5-7-11/h3-8,10,13,15,21-22H,9H2,1-2H3,(H,20,23). The van der Waals surface area contributed by atoms with E-state index in [-0.39, 0.29) is 18.0 Å². The molecule has 1 heterocycles. The zero-order valence-corrected chi connectivity index (χ0v) is 14.8. The summed E-state index contributed by atoms with van der Waals surface area (Å²) in [4.78, 5) is 12.6. The third-order valence-electron chi connectivity index (χ3n) is 4.15. The summed E-state index contributed by atoms with van der Waals surface area (Å²) in [6.45, 7) is 0. The first-order valence-electron chi connectivity index (χ1n) is 7.90. The molecule has 3 N–H and O–H groups in total. The zero-order valence-electron chi connectivity index (χ0n) is 14.0. The van der Waals surface area contributed by atoms with Crippen molar-refractivity contribution in [3.8, 4) is 11.5 Å². The Kier molecular flexibility index (Phi) is 5.43. The molecule has 0 aliphatic carbocycles. The van der Waals surface area contributed by atoms with Gasteiger partial charge in [-0.3, -0.25) is 4.79 Å². The van der Waals surface area contributed by atoms with E-state index < -0.39 is 0 Å². The Labute approximate surface area is 151 Å². The van der Waals surface area contributed by atoms with E-state index in [0.717, 1.165) is 5.56 Å². The normalized spacial score (nSPS) is 19.5. The van der Waals surface area contributed by atoms with Crippen molar-refractivity contribution < 1.29 is 14.3 Å². The molecule has 25 heavy (non-hydrogen) atoms. The Morgan fingerprint density at radius 1 is 1.12 bits per heavy atom. The van der Waals surface area contributed by atoms with E-state index in [1.807, 2.05) is 30.3 Å². The van der Waals surface area contributed by atoms with Crippen molar-refractivity contribution in [2.75, 3.05) is 19.5 Å². The van der Waals surface area contributed by atoms with E-state index in [9.17, 15) is 4.79 Å². The number of methoxy groups -OCH3 is 2. The number of hydrogen-bond donors (Lipinski definition) is 3. The number of ether oxygens (including phenoxy) is 2. The van der Waals surface area contributed by atoms with Crippen LogP contribution in [0.25, 0.3) is 0 Å². The van der Waals surface area contributed by atoms with Crippen molar-refractivity contribution in [3.63, 3.8) is 0 Å². The lowest BCUT2D eigenvalue weighted by atomic mass is 10.0. The molecule has 2 atom stereocenters. The lowest BCUT2D eigenvalue weighted by molar-refractivity contribution is -0.117. The lowest BCUT2D eigenvalue weighted by Gasteiger charge is -2.15. The molecular weight excluding hydrogens is 342 g/mol. The molecule has 2 unspecified atom stereocenters. The molecule has 1 fully saturated rings. The SMILES string of the molecule is COc1cc(OC)c(NC(=O)C2CC(c3ccccc3)NN2)cc1Cl. The number of amides is 1. The highest BCUT2D eigenvalue weighted by atomic mass is 35.5. The number of carbonyl (C=O) groups is 1. The number of benzene rings is 2.